The molecule has 1 saturated carbocycles. The first-order valence-electron chi connectivity index (χ1n) is 7.02. The molecule has 0 aromatic rings. The molecule has 2 fully saturated rings. The number of hydrogen-bond donors (Lipinski definition) is 2. The molecule has 1 aliphatic heterocycles. The van der Waals surface area contributed by atoms with E-state index in [9.17, 15) is 9.59 Å². The van der Waals surface area contributed by atoms with Crippen molar-refractivity contribution in [1.82, 2.24) is 10.2 Å². The minimum atomic E-state index is -0.313. The Balaban J connectivity index is 1.95. The van der Waals surface area contributed by atoms with Gasteiger partial charge in [-0.1, -0.05) is 12.8 Å². The normalized spacial score (nSPS) is 25.6. The number of thioether (sulfide) groups is 1. The Kier molecular flexibility index (Phi) is 5.10. The molecule has 2 rings (SSSR count). The molecule has 2 aliphatic rings. The SMILES string of the molecule is C[C@@H](CN)NC(=O)C1CSCN1C(=O)C1CCCC1. The first-order valence-corrected chi connectivity index (χ1v) is 8.17. The van der Waals surface area contributed by atoms with Crippen molar-refractivity contribution in [3.8, 4) is 0 Å². The van der Waals surface area contributed by atoms with Crippen LogP contribution in [0.25, 0.3) is 0 Å². The summed E-state index contributed by atoms with van der Waals surface area (Å²) in [6.07, 6.45) is 4.23. The summed E-state index contributed by atoms with van der Waals surface area (Å²) in [5.74, 6) is 1.59. The second-order valence-corrected chi connectivity index (χ2v) is 6.45. The van der Waals surface area contributed by atoms with Gasteiger partial charge in [0.15, 0.2) is 0 Å². The van der Waals surface area contributed by atoms with E-state index in [-0.39, 0.29) is 29.8 Å². The van der Waals surface area contributed by atoms with Crippen molar-refractivity contribution >= 4 is 23.6 Å². The van der Waals surface area contributed by atoms with Crippen molar-refractivity contribution in [2.24, 2.45) is 11.7 Å². The van der Waals surface area contributed by atoms with Crippen molar-refractivity contribution < 1.29 is 9.59 Å². The molecule has 0 spiro atoms. The molecular weight excluding hydrogens is 262 g/mol. The van der Waals surface area contributed by atoms with Crippen molar-refractivity contribution in [2.45, 2.75) is 44.7 Å². The van der Waals surface area contributed by atoms with E-state index in [1.165, 1.54) is 0 Å². The van der Waals surface area contributed by atoms with Gasteiger partial charge in [-0.3, -0.25) is 9.59 Å². The lowest BCUT2D eigenvalue weighted by molar-refractivity contribution is -0.141. The Morgan fingerprint density at radius 2 is 2.11 bits per heavy atom. The van der Waals surface area contributed by atoms with Crippen LogP contribution < -0.4 is 11.1 Å². The first kappa shape index (κ1) is 14.7. The van der Waals surface area contributed by atoms with Crippen molar-refractivity contribution in [1.29, 1.82) is 0 Å². The quantitative estimate of drug-likeness (QED) is 0.790. The van der Waals surface area contributed by atoms with Crippen LogP contribution in [0, 0.1) is 5.92 Å². The molecule has 0 aromatic carbocycles. The second-order valence-electron chi connectivity index (χ2n) is 5.45. The lowest BCUT2D eigenvalue weighted by atomic mass is 10.1. The highest BCUT2D eigenvalue weighted by Crippen LogP contribution is 2.30. The number of nitrogens with one attached hydrogen (secondary N) is 1. The molecule has 3 N–H and O–H groups in total. The van der Waals surface area contributed by atoms with Crippen LogP contribution in [0.2, 0.25) is 0 Å². The molecule has 1 aliphatic carbocycles. The third-order valence-corrected chi connectivity index (χ3v) is 4.93. The molecule has 5 nitrogen and oxygen atoms in total. The fraction of sp³-hybridized carbons (Fsp3) is 0.846. The summed E-state index contributed by atoms with van der Waals surface area (Å²) >= 11 is 1.65. The summed E-state index contributed by atoms with van der Waals surface area (Å²) < 4.78 is 0. The van der Waals surface area contributed by atoms with Crippen LogP contribution in [0.15, 0.2) is 0 Å². The summed E-state index contributed by atoms with van der Waals surface area (Å²) in [5.41, 5.74) is 5.51. The number of rotatable bonds is 4. The summed E-state index contributed by atoms with van der Waals surface area (Å²) in [4.78, 5) is 26.4. The van der Waals surface area contributed by atoms with Gasteiger partial charge in [0.05, 0.1) is 5.88 Å². The van der Waals surface area contributed by atoms with Crippen LogP contribution >= 0.6 is 11.8 Å². The van der Waals surface area contributed by atoms with E-state index in [1.807, 2.05) is 6.92 Å². The molecule has 0 aromatic heterocycles. The van der Waals surface area contributed by atoms with E-state index < -0.39 is 0 Å². The van der Waals surface area contributed by atoms with E-state index in [1.54, 1.807) is 16.7 Å². The highest BCUT2D eigenvalue weighted by molar-refractivity contribution is 7.99. The molecule has 0 bridgehead atoms. The highest BCUT2D eigenvalue weighted by Gasteiger charge is 2.38. The Hall–Kier alpha value is -0.750. The van der Waals surface area contributed by atoms with Crippen LogP contribution in [0.4, 0.5) is 0 Å². The van der Waals surface area contributed by atoms with E-state index in [0.29, 0.717) is 18.2 Å². The zero-order valence-electron chi connectivity index (χ0n) is 11.4. The lowest BCUT2D eigenvalue weighted by Crippen LogP contribution is -2.51. The minimum absolute atomic E-state index is 0.0402. The fourth-order valence-corrected chi connectivity index (χ4v) is 3.85. The van der Waals surface area contributed by atoms with Crippen LogP contribution in [0.3, 0.4) is 0 Å². The summed E-state index contributed by atoms with van der Waals surface area (Å²) in [5, 5.41) is 2.88. The molecule has 2 amide bonds. The highest BCUT2D eigenvalue weighted by atomic mass is 32.2. The van der Waals surface area contributed by atoms with Gasteiger partial charge in [0.25, 0.3) is 0 Å². The molecule has 0 radical (unpaired) electrons. The number of nitrogens with two attached hydrogens (primary N) is 1. The number of carbonyl (C=O) groups is 2. The summed E-state index contributed by atoms with van der Waals surface area (Å²) in [6, 6.07) is -0.353. The standard InChI is InChI=1S/C13H23N3O2S/c1-9(6-14)15-12(17)11-7-19-8-16(11)13(18)10-4-2-3-5-10/h9-11H,2-8,14H2,1H3,(H,15,17)/t9-,11?/m0/s1. The first-order chi connectivity index (χ1) is 9.13. The van der Waals surface area contributed by atoms with Gasteiger partial charge in [-0.25, -0.2) is 0 Å². The molecule has 1 heterocycles. The topological polar surface area (TPSA) is 75.4 Å². The largest absolute Gasteiger partial charge is 0.351 e. The third kappa shape index (κ3) is 3.42. The Bertz CT molecular complexity index is 345. The number of hydrogen-bond acceptors (Lipinski definition) is 4. The van der Waals surface area contributed by atoms with Gasteiger partial charge in [0.1, 0.15) is 6.04 Å². The Morgan fingerprint density at radius 1 is 1.42 bits per heavy atom. The predicted molar refractivity (Wildman–Crippen MR) is 76.6 cm³/mol. The maximum absolute atomic E-state index is 12.4. The molecule has 1 unspecified atom stereocenters. The summed E-state index contributed by atoms with van der Waals surface area (Å²) in [7, 11) is 0. The average Bonchev–Trinajstić information content (AvgIpc) is 3.08. The fourth-order valence-electron chi connectivity index (χ4n) is 2.68. The number of carbonyl (C=O) groups excluding carboxylic acids is 2. The second kappa shape index (κ2) is 6.61. The van der Waals surface area contributed by atoms with Crippen molar-refractivity contribution in [3.63, 3.8) is 0 Å². The van der Waals surface area contributed by atoms with Gasteiger partial charge in [-0.05, 0) is 19.8 Å². The smallest absolute Gasteiger partial charge is 0.243 e. The molecule has 1 saturated heterocycles. The maximum Gasteiger partial charge on any atom is 0.243 e. The number of amides is 2. The van der Waals surface area contributed by atoms with Crippen molar-refractivity contribution in [3.05, 3.63) is 0 Å². The lowest BCUT2D eigenvalue weighted by Gasteiger charge is -2.26. The molecule has 6 heteroatoms. The van der Waals surface area contributed by atoms with Gasteiger partial charge in [0, 0.05) is 24.3 Å². The predicted octanol–water partition coefficient (Wildman–Crippen LogP) is 0.542. The number of nitrogens with zero attached hydrogens (tertiary/aromatic N) is 1. The van der Waals surface area contributed by atoms with E-state index in [0.717, 1.165) is 25.7 Å². The van der Waals surface area contributed by atoms with Crippen LogP contribution in [-0.2, 0) is 9.59 Å². The maximum atomic E-state index is 12.4. The minimum Gasteiger partial charge on any atom is -0.351 e. The molecule has 2 atom stereocenters. The zero-order chi connectivity index (χ0) is 13.8. The molecule has 19 heavy (non-hydrogen) atoms. The summed E-state index contributed by atoms with van der Waals surface area (Å²) in [6.45, 7) is 2.30. The molecule has 108 valence electrons. The van der Waals surface area contributed by atoms with Gasteiger partial charge < -0.3 is 16.0 Å². The van der Waals surface area contributed by atoms with E-state index in [2.05, 4.69) is 5.32 Å². The van der Waals surface area contributed by atoms with Gasteiger partial charge in [0.2, 0.25) is 11.8 Å². The van der Waals surface area contributed by atoms with Gasteiger partial charge >= 0.3 is 0 Å². The third-order valence-electron chi connectivity index (χ3n) is 3.91. The van der Waals surface area contributed by atoms with Gasteiger partial charge in [-0.15, -0.1) is 11.8 Å². The van der Waals surface area contributed by atoms with Gasteiger partial charge in [-0.2, -0.15) is 0 Å². The Labute approximate surface area is 118 Å². The van der Waals surface area contributed by atoms with Crippen LogP contribution in [0.1, 0.15) is 32.6 Å². The van der Waals surface area contributed by atoms with Crippen LogP contribution in [-0.4, -0.2) is 47.0 Å². The van der Waals surface area contributed by atoms with E-state index >= 15 is 0 Å². The zero-order valence-corrected chi connectivity index (χ0v) is 12.2. The average molecular weight is 285 g/mol. The Morgan fingerprint density at radius 3 is 2.74 bits per heavy atom. The molecular formula is C13H23N3O2S. The van der Waals surface area contributed by atoms with Crippen LogP contribution in [0.5, 0.6) is 0 Å². The monoisotopic (exact) mass is 285 g/mol. The van der Waals surface area contributed by atoms with Crippen molar-refractivity contribution in [2.75, 3.05) is 18.2 Å². The van der Waals surface area contributed by atoms with E-state index in [4.69, 9.17) is 5.73 Å².